The summed E-state index contributed by atoms with van der Waals surface area (Å²) in [7, 11) is 1.64. The number of carbonyl (C=O) groups excluding carboxylic acids is 2. The second kappa shape index (κ2) is 9.69. The van der Waals surface area contributed by atoms with Gasteiger partial charge >= 0.3 is 0 Å². The van der Waals surface area contributed by atoms with Crippen LogP contribution in [0.15, 0.2) is 72.8 Å². The SMILES string of the molecule is COc1ccc(CCC(=O)NCc2ccc3c(c2)N(C(=O)c2ccccc2)[C@H](C)C3)cc1. The third kappa shape index (κ3) is 4.83. The fourth-order valence-corrected chi connectivity index (χ4v) is 4.13. The molecule has 0 aliphatic carbocycles. The summed E-state index contributed by atoms with van der Waals surface area (Å²) < 4.78 is 5.16. The van der Waals surface area contributed by atoms with E-state index in [1.165, 1.54) is 0 Å². The molecule has 0 spiro atoms. The van der Waals surface area contributed by atoms with E-state index in [4.69, 9.17) is 4.74 Å². The van der Waals surface area contributed by atoms with Gasteiger partial charge in [-0.15, -0.1) is 0 Å². The van der Waals surface area contributed by atoms with Crippen LogP contribution in [-0.4, -0.2) is 25.0 Å². The van der Waals surface area contributed by atoms with Crippen LogP contribution >= 0.6 is 0 Å². The van der Waals surface area contributed by atoms with Gasteiger partial charge in [-0.3, -0.25) is 9.59 Å². The zero-order chi connectivity index (χ0) is 22.5. The van der Waals surface area contributed by atoms with Crippen molar-refractivity contribution in [2.75, 3.05) is 12.0 Å². The van der Waals surface area contributed by atoms with Crippen LogP contribution < -0.4 is 15.0 Å². The minimum absolute atomic E-state index is 0.00639. The maximum absolute atomic E-state index is 13.1. The van der Waals surface area contributed by atoms with Crippen molar-refractivity contribution in [3.05, 3.63) is 95.1 Å². The van der Waals surface area contributed by atoms with E-state index in [2.05, 4.69) is 18.3 Å². The lowest BCUT2D eigenvalue weighted by molar-refractivity contribution is -0.121. The zero-order valence-corrected chi connectivity index (χ0v) is 18.5. The summed E-state index contributed by atoms with van der Waals surface area (Å²) in [6.07, 6.45) is 1.94. The Hall–Kier alpha value is -3.60. The molecule has 3 aromatic rings. The number of aryl methyl sites for hydroxylation is 1. The van der Waals surface area contributed by atoms with Crippen molar-refractivity contribution in [3.63, 3.8) is 0 Å². The van der Waals surface area contributed by atoms with E-state index in [-0.39, 0.29) is 17.9 Å². The molecule has 2 amide bonds. The molecule has 1 aliphatic rings. The first-order chi connectivity index (χ1) is 15.5. The molecule has 0 unspecified atom stereocenters. The topological polar surface area (TPSA) is 58.6 Å². The number of benzene rings is 3. The standard InChI is InChI=1S/C27H28N2O3/c1-19-16-23-12-8-21(17-25(23)29(19)27(31)22-6-4-3-5-7-22)18-28-26(30)15-11-20-9-13-24(32-2)14-10-20/h3-10,12-14,17,19H,11,15-16,18H2,1-2H3,(H,28,30)/t19-/m1/s1. The molecule has 0 bridgehead atoms. The Balaban J connectivity index is 1.38. The van der Waals surface area contributed by atoms with E-state index in [9.17, 15) is 9.59 Å². The van der Waals surface area contributed by atoms with Gasteiger partial charge < -0.3 is 15.0 Å². The van der Waals surface area contributed by atoms with Crippen LogP contribution in [0, 0.1) is 0 Å². The molecule has 164 valence electrons. The second-order valence-corrected chi connectivity index (χ2v) is 8.18. The van der Waals surface area contributed by atoms with Gasteiger partial charge in [0.05, 0.1) is 7.11 Å². The number of anilines is 1. The first-order valence-electron chi connectivity index (χ1n) is 10.9. The Labute approximate surface area is 189 Å². The van der Waals surface area contributed by atoms with Crippen LogP contribution in [0.3, 0.4) is 0 Å². The van der Waals surface area contributed by atoms with E-state index in [0.29, 0.717) is 24.9 Å². The highest BCUT2D eigenvalue weighted by molar-refractivity contribution is 6.07. The molecule has 32 heavy (non-hydrogen) atoms. The van der Waals surface area contributed by atoms with Crippen LogP contribution in [-0.2, 0) is 24.2 Å². The first-order valence-corrected chi connectivity index (χ1v) is 10.9. The van der Waals surface area contributed by atoms with Crippen molar-refractivity contribution in [1.29, 1.82) is 0 Å². The summed E-state index contributed by atoms with van der Waals surface area (Å²) in [6.45, 7) is 2.51. The predicted molar refractivity (Wildman–Crippen MR) is 126 cm³/mol. The number of nitrogens with one attached hydrogen (secondary N) is 1. The van der Waals surface area contributed by atoms with Gasteiger partial charge in [-0.2, -0.15) is 0 Å². The van der Waals surface area contributed by atoms with Gasteiger partial charge in [0.15, 0.2) is 0 Å². The lowest BCUT2D eigenvalue weighted by Gasteiger charge is -2.23. The predicted octanol–water partition coefficient (Wildman–Crippen LogP) is 4.54. The molecular weight excluding hydrogens is 400 g/mol. The molecule has 5 nitrogen and oxygen atoms in total. The first kappa shape index (κ1) is 21.6. The van der Waals surface area contributed by atoms with Crippen LogP contribution in [0.2, 0.25) is 0 Å². The molecule has 0 aromatic heterocycles. The number of hydrogen-bond acceptors (Lipinski definition) is 3. The summed E-state index contributed by atoms with van der Waals surface area (Å²) in [5.41, 5.74) is 4.88. The van der Waals surface area contributed by atoms with E-state index in [1.807, 2.05) is 71.6 Å². The van der Waals surface area contributed by atoms with Crippen molar-refractivity contribution in [1.82, 2.24) is 5.32 Å². The Bertz CT molecular complexity index is 1090. The lowest BCUT2D eigenvalue weighted by Crippen LogP contribution is -2.35. The van der Waals surface area contributed by atoms with Gasteiger partial charge in [0.1, 0.15) is 5.75 Å². The monoisotopic (exact) mass is 428 g/mol. The summed E-state index contributed by atoms with van der Waals surface area (Å²) in [5, 5.41) is 3.00. The van der Waals surface area contributed by atoms with Gasteiger partial charge in [-0.05, 0) is 66.8 Å². The molecule has 1 N–H and O–H groups in total. The Kier molecular flexibility index (Phi) is 6.55. The molecule has 1 heterocycles. The summed E-state index contributed by atoms with van der Waals surface area (Å²) in [4.78, 5) is 27.3. The number of fused-ring (bicyclic) bond motifs is 1. The zero-order valence-electron chi connectivity index (χ0n) is 18.5. The van der Waals surface area contributed by atoms with Gasteiger partial charge in [0, 0.05) is 30.3 Å². The quantitative estimate of drug-likeness (QED) is 0.601. The molecule has 0 saturated heterocycles. The van der Waals surface area contributed by atoms with Crippen LogP contribution in [0.25, 0.3) is 0 Å². The molecule has 5 heteroatoms. The van der Waals surface area contributed by atoms with E-state index in [1.54, 1.807) is 7.11 Å². The normalized spacial score (nSPS) is 14.7. The summed E-state index contributed by atoms with van der Waals surface area (Å²) >= 11 is 0. The van der Waals surface area contributed by atoms with Crippen molar-refractivity contribution < 1.29 is 14.3 Å². The highest BCUT2D eigenvalue weighted by Crippen LogP contribution is 2.34. The number of ether oxygens (including phenoxy) is 1. The molecule has 4 rings (SSSR count). The third-order valence-corrected chi connectivity index (χ3v) is 5.89. The minimum atomic E-state index is 0.00639. The summed E-state index contributed by atoms with van der Waals surface area (Å²) in [6, 6.07) is 23.4. The molecule has 0 fully saturated rings. The van der Waals surface area contributed by atoms with Crippen molar-refractivity contribution >= 4 is 17.5 Å². The lowest BCUT2D eigenvalue weighted by atomic mass is 10.1. The highest BCUT2D eigenvalue weighted by atomic mass is 16.5. The fourth-order valence-electron chi connectivity index (χ4n) is 4.13. The van der Waals surface area contributed by atoms with Crippen LogP contribution in [0.5, 0.6) is 5.75 Å². The van der Waals surface area contributed by atoms with Crippen molar-refractivity contribution in [3.8, 4) is 5.75 Å². The summed E-state index contributed by atoms with van der Waals surface area (Å²) in [5.74, 6) is 0.827. The maximum Gasteiger partial charge on any atom is 0.258 e. The number of nitrogens with zero attached hydrogens (tertiary/aromatic N) is 1. The Morgan fingerprint density at radius 3 is 2.44 bits per heavy atom. The van der Waals surface area contributed by atoms with Crippen LogP contribution in [0.4, 0.5) is 5.69 Å². The average Bonchev–Trinajstić information content (AvgIpc) is 3.16. The second-order valence-electron chi connectivity index (χ2n) is 8.18. The van der Waals surface area contributed by atoms with Crippen LogP contribution in [0.1, 0.15) is 40.4 Å². The van der Waals surface area contributed by atoms with E-state index < -0.39 is 0 Å². The van der Waals surface area contributed by atoms with Gasteiger partial charge in [0.2, 0.25) is 5.91 Å². The van der Waals surface area contributed by atoms with Gasteiger partial charge in [-0.1, -0.05) is 42.5 Å². The fraction of sp³-hybridized carbons (Fsp3) is 0.259. The van der Waals surface area contributed by atoms with Gasteiger partial charge in [0.25, 0.3) is 5.91 Å². The number of rotatable bonds is 7. The Morgan fingerprint density at radius 2 is 1.72 bits per heavy atom. The molecular formula is C27H28N2O3. The smallest absolute Gasteiger partial charge is 0.258 e. The van der Waals surface area contributed by atoms with E-state index >= 15 is 0 Å². The third-order valence-electron chi connectivity index (χ3n) is 5.89. The molecule has 0 saturated carbocycles. The maximum atomic E-state index is 13.1. The minimum Gasteiger partial charge on any atom is -0.497 e. The Morgan fingerprint density at radius 1 is 1.00 bits per heavy atom. The van der Waals surface area contributed by atoms with E-state index in [0.717, 1.165) is 34.5 Å². The van der Waals surface area contributed by atoms with Gasteiger partial charge in [-0.25, -0.2) is 0 Å². The average molecular weight is 429 g/mol. The van der Waals surface area contributed by atoms with Crippen molar-refractivity contribution in [2.45, 2.75) is 38.8 Å². The highest BCUT2D eigenvalue weighted by Gasteiger charge is 2.31. The molecule has 0 radical (unpaired) electrons. The number of methoxy groups -OCH3 is 1. The number of carbonyl (C=O) groups is 2. The number of hydrogen-bond donors (Lipinski definition) is 1. The molecule has 3 aromatic carbocycles. The number of amides is 2. The van der Waals surface area contributed by atoms with Crippen molar-refractivity contribution in [2.24, 2.45) is 0 Å². The molecule has 1 aliphatic heterocycles. The molecule has 1 atom stereocenters. The largest absolute Gasteiger partial charge is 0.497 e.